The largest absolute Gasteiger partial charge is 0.450 e. The van der Waals surface area contributed by atoms with Crippen molar-refractivity contribution >= 4 is 17.7 Å². The number of likely N-dealkylation sites (N-methyl/N-ethyl adjacent to an activating group) is 1. The van der Waals surface area contributed by atoms with Gasteiger partial charge in [0.2, 0.25) is 0 Å². The van der Waals surface area contributed by atoms with E-state index in [4.69, 9.17) is 9.73 Å². The first-order valence-electron chi connectivity index (χ1n) is 9.86. The van der Waals surface area contributed by atoms with Crippen molar-refractivity contribution in [3.05, 3.63) is 30.3 Å². The number of aliphatic imine (C=N–C) groups is 1. The number of likely N-dealkylation sites (tertiary alicyclic amines) is 1. The molecule has 1 aliphatic rings. The van der Waals surface area contributed by atoms with Crippen molar-refractivity contribution in [2.45, 2.75) is 32.7 Å². The maximum Gasteiger partial charge on any atom is 0.409 e. The highest BCUT2D eigenvalue weighted by Gasteiger charge is 2.23. The van der Waals surface area contributed by atoms with Crippen LogP contribution in [0.1, 0.15) is 26.7 Å². The lowest BCUT2D eigenvalue weighted by molar-refractivity contribution is 0.0963. The number of guanidine groups is 1. The predicted octanol–water partition coefficient (Wildman–Crippen LogP) is 2.30. The van der Waals surface area contributed by atoms with Crippen LogP contribution in [-0.2, 0) is 4.74 Å². The van der Waals surface area contributed by atoms with Gasteiger partial charge in [0.15, 0.2) is 5.96 Å². The molecule has 1 amide bonds. The van der Waals surface area contributed by atoms with Gasteiger partial charge >= 0.3 is 6.09 Å². The number of hydrogen-bond acceptors (Lipinski definition) is 4. The van der Waals surface area contributed by atoms with Gasteiger partial charge in [-0.05, 0) is 38.8 Å². The number of nitrogens with zero attached hydrogens (tertiary/aromatic N) is 3. The van der Waals surface area contributed by atoms with E-state index in [0.717, 1.165) is 31.9 Å². The maximum absolute atomic E-state index is 11.8. The standard InChI is InChI=1S/C20H33N5O2/c1-4-21-19(22-13-16-24(3)18-9-7-6-8-10-18)23-17-11-14-25(15-12-17)20(26)27-5-2/h6-10,17H,4-5,11-16H2,1-3H3,(H2,21,22,23). The van der Waals surface area contributed by atoms with Crippen molar-refractivity contribution in [1.29, 1.82) is 0 Å². The average Bonchev–Trinajstić information content (AvgIpc) is 2.69. The van der Waals surface area contributed by atoms with Gasteiger partial charge in [-0.15, -0.1) is 0 Å². The molecular formula is C20H33N5O2. The Morgan fingerprint density at radius 1 is 1.26 bits per heavy atom. The Morgan fingerprint density at radius 3 is 2.59 bits per heavy atom. The van der Waals surface area contributed by atoms with Crippen LogP contribution in [0.4, 0.5) is 10.5 Å². The Labute approximate surface area is 162 Å². The molecule has 1 aliphatic heterocycles. The summed E-state index contributed by atoms with van der Waals surface area (Å²) in [6.07, 6.45) is 1.58. The smallest absolute Gasteiger partial charge is 0.409 e. The number of rotatable bonds is 7. The van der Waals surface area contributed by atoms with Crippen molar-refractivity contribution in [3.63, 3.8) is 0 Å². The number of piperidine rings is 1. The van der Waals surface area contributed by atoms with Gasteiger partial charge in [-0.2, -0.15) is 0 Å². The minimum absolute atomic E-state index is 0.208. The van der Waals surface area contributed by atoms with E-state index in [2.05, 4.69) is 41.6 Å². The Hall–Kier alpha value is -2.44. The van der Waals surface area contributed by atoms with E-state index in [9.17, 15) is 4.79 Å². The molecule has 1 fully saturated rings. The number of para-hydroxylation sites is 1. The summed E-state index contributed by atoms with van der Waals surface area (Å²) in [6, 6.07) is 10.6. The zero-order chi connectivity index (χ0) is 19.5. The van der Waals surface area contributed by atoms with Crippen LogP contribution in [0.3, 0.4) is 0 Å². The summed E-state index contributed by atoms with van der Waals surface area (Å²) in [5, 5.41) is 6.82. The van der Waals surface area contributed by atoms with E-state index >= 15 is 0 Å². The molecule has 0 atom stereocenters. The lowest BCUT2D eigenvalue weighted by Crippen LogP contribution is -2.50. The molecule has 0 aromatic heterocycles. The van der Waals surface area contributed by atoms with Gasteiger partial charge in [-0.3, -0.25) is 4.99 Å². The highest BCUT2D eigenvalue weighted by Crippen LogP contribution is 2.12. The van der Waals surface area contributed by atoms with Gasteiger partial charge in [0.1, 0.15) is 0 Å². The Morgan fingerprint density at radius 2 is 1.96 bits per heavy atom. The van der Waals surface area contributed by atoms with E-state index in [0.29, 0.717) is 32.3 Å². The van der Waals surface area contributed by atoms with E-state index in [-0.39, 0.29) is 6.09 Å². The van der Waals surface area contributed by atoms with Gasteiger partial charge in [0, 0.05) is 45.0 Å². The van der Waals surface area contributed by atoms with Gasteiger partial charge in [0.05, 0.1) is 13.2 Å². The van der Waals surface area contributed by atoms with Gasteiger partial charge in [0.25, 0.3) is 0 Å². The molecule has 0 radical (unpaired) electrons. The number of carbonyl (C=O) groups excluding carboxylic acids is 1. The van der Waals surface area contributed by atoms with Crippen LogP contribution in [0.2, 0.25) is 0 Å². The molecule has 0 bridgehead atoms. The van der Waals surface area contributed by atoms with Crippen molar-refractivity contribution in [3.8, 4) is 0 Å². The lowest BCUT2D eigenvalue weighted by Gasteiger charge is -2.32. The van der Waals surface area contributed by atoms with Crippen LogP contribution in [0.25, 0.3) is 0 Å². The fourth-order valence-corrected chi connectivity index (χ4v) is 3.06. The summed E-state index contributed by atoms with van der Waals surface area (Å²) in [4.78, 5) is 20.5. The van der Waals surface area contributed by atoms with Crippen LogP contribution < -0.4 is 15.5 Å². The average molecular weight is 376 g/mol. The number of amides is 1. The minimum atomic E-state index is -0.208. The number of carbonyl (C=O) groups is 1. The first kappa shape index (κ1) is 20.9. The molecule has 1 saturated heterocycles. The van der Waals surface area contributed by atoms with Crippen LogP contribution in [0.5, 0.6) is 0 Å². The number of ether oxygens (including phenoxy) is 1. The highest BCUT2D eigenvalue weighted by molar-refractivity contribution is 5.80. The third kappa shape index (κ3) is 7.00. The summed E-state index contributed by atoms with van der Waals surface area (Å²) >= 11 is 0. The Balaban J connectivity index is 1.79. The quantitative estimate of drug-likeness (QED) is 0.565. The van der Waals surface area contributed by atoms with Crippen LogP contribution in [0, 0.1) is 0 Å². The molecule has 7 nitrogen and oxygen atoms in total. The van der Waals surface area contributed by atoms with Crippen molar-refractivity contribution in [1.82, 2.24) is 15.5 Å². The highest BCUT2D eigenvalue weighted by atomic mass is 16.6. The topological polar surface area (TPSA) is 69.2 Å². The number of nitrogens with one attached hydrogen (secondary N) is 2. The third-order valence-corrected chi connectivity index (χ3v) is 4.61. The van der Waals surface area contributed by atoms with Gasteiger partial charge in [-0.25, -0.2) is 4.79 Å². The zero-order valence-corrected chi connectivity index (χ0v) is 16.8. The summed E-state index contributed by atoms with van der Waals surface area (Å²) < 4.78 is 5.07. The second-order valence-electron chi connectivity index (χ2n) is 6.62. The monoisotopic (exact) mass is 375 g/mol. The normalized spacial score (nSPS) is 15.4. The van der Waals surface area contributed by atoms with E-state index in [1.165, 1.54) is 5.69 Å². The van der Waals surface area contributed by atoms with Crippen molar-refractivity contribution in [2.75, 3.05) is 51.3 Å². The molecule has 0 saturated carbocycles. The fraction of sp³-hybridized carbons (Fsp3) is 0.600. The molecular weight excluding hydrogens is 342 g/mol. The van der Waals surface area contributed by atoms with Crippen molar-refractivity contribution < 1.29 is 9.53 Å². The maximum atomic E-state index is 11.8. The van der Waals surface area contributed by atoms with E-state index < -0.39 is 0 Å². The van der Waals surface area contributed by atoms with Crippen LogP contribution in [0.15, 0.2) is 35.3 Å². The molecule has 2 N–H and O–H groups in total. The third-order valence-electron chi connectivity index (χ3n) is 4.61. The summed E-state index contributed by atoms with van der Waals surface area (Å²) in [7, 11) is 2.08. The molecule has 1 aromatic carbocycles. The second kappa shape index (κ2) is 11.3. The lowest BCUT2D eigenvalue weighted by atomic mass is 10.1. The van der Waals surface area contributed by atoms with Crippen LogP contribution >= 0.6 is 0 Å². The number of benzene rings is 1. The fourth-order valence-electron chi connectivity index (χ4n) is 3.06. The van der Waals surface area contributed by atoms with Gasteiger partial charge in [-0.1, -0.05) is 18.2 Å². The minimum Gasteiger partial charge on any atom is -0.450 e. The molecule has 7 heteroatoms. The molecule has 2 rings (SSSR count). The van der Waals surface area contributed by atoms with E-state index in [1.807, 2.05) is 25.1 Å². The predicted molar refractivity (Wildman–Crippen MR) is 110 cm³/mol. The summed E-state index contributed by atoms with van der Waals surface area (Å²) in [5.41, 5.74) is 1.19. The molecule has 0 aliphatic carbocycles. The number of hydrogen-bond donors (Lipinski definition) is 2. The SMILES string of the molecule is CCNC(=NCCN(C)c1ccccc1)NC1CCN(C(=O)OCC)CC1. The first-order valence-corrected chi connectivity index (χ1v) is 9.86. The number of anilines is 1. The Bertz CT molecular complexity index is 585. The Kier molecular flexibility index (Phi) is 8.74. The van der Waals surface area contributed by atoms with Crippen molar-refractivity contribution in [2.24, 2.45) is 4.99 Å². The first-order chi connectivity index (χ1) is 13.1. The zero-order valence-electron chi connectivity index (χ0n) is 16.8. The molecule has 150 valence electrons. The molecule has 1 aromatic rings. The summed E-state index contributed by atoms with van der Waals surface area (Å²) in [6.45, 7) is 8.13. The molecule has 0 unspecified atom stereocenters. The van der Waals surface area contributed by atoms with Crippen LogP contribution in [-0.4, -0.2) is 69.4 Å². The van der Waals surface area contributed by atoms with Gasteiger partial charge < -0.3 is 25.2 Å². The second-order valence-corrected chi connectivity index (χ2v) is 6.62. The van der Waals surface area contributed by atoms with E-state index in [1.54, 1.807) is 4.90 Å². The summed E-state index contributed by atoms with van der Waals surface area (Å²) in [5.74, 6) is 0.841. The molecule has 27 heavy (non-hydrogen) atoms. The molecule has 0 spiro atoms. The molecule has 1 heterocycles.